The number of halogens is 2. The molecule has 0 aromatic rings. The highest BCUT2D eigenvalue weighted by Gasteiger charge is 2.59. The molecule has 0 aromatic heterocycles. The predicted molar refractivity (Wildman–Crippen MR) is 49.3 cm³/mol. The Kier molecular flexibility index (Phi) is 2.52. The zero-order valence-corrected chi connectivity index (χ0v) is 8.27. The summed E-state index contributed by atoms with van der Waals surface area (Å²) in [4.78, 5) is 0. The molecular weight excluding hydrogens is 188 g/mol. The number of alkyl halides is 2. The molecule has 1 aliphatic heterocycles. The molecule has 14 heavy (non-hydrogen) atoms. The molecule has 1 atom stereocenters. The molecule has 1 aliphatic carbocycles. The van der Waals surface area contributed by atoms with Gasteiger partial charge >= 0.3 is 0 Å². The number of hydrogen-bond acceptors (Lipinski definition) is 2. The first-order valence-corrected chi connectivity index (χ1v) is 5.28. The Morgan fingerprint density at radius 1 is 1.29 bits per heavy atom. The molecule has 2 fully saturated rings. The average molecular weight is 205 g/mol. The summed E-state index contributed by atoms with van der Waals surface area (Å²) < 4.78 is 31.3. The summed E-state index contributed by atoms with van der Waals surface area (Å²) in [6.07, 6.45) is 2.84. The van der Waals surface area contributed by atoms with Crippen LogP contribution in [0.3, 0.4) is 0 Å². The Hall–Kier alpha value is -0.220. The minimum absolute atomic E-state index is 0.0270. The molecule has 1 saturated heterocycles. The van der Waals surface area contributed by atoms with Crippen molar-refractivity contribution in [2.24, 2.45) is 11.1 Å². The topological polar surface area (TPSA) is 35.2 Å². The molecule has 0 amide bonds. The largest absolute Gasteiger partial charge is 0.378 e. The highest BCUT2D eigenvalue weighted by Crippen LogP contribution is 2.55. The highest BCUT2D eigenvalue weighted by atomic mass is 19.3. The summed E-state index contributed by atoms with van der Waals surface area (Å²) in [5, 5.41) is 0. The maximum absolute atomic E-state index is 12.9. The van der Waals surface area contributed by atoms with Crippen LogP contribution in [-0.2, 0) is 4.74 Å². The summed E-state index contributed by atoms with van der Waals surface area (Å²) in [5.41, 5.74) is 5.18. The summed E-state index contributed by atoms with van der Waals surface area (Å²) >= 11 is 0. The van der Waals surface area contributed by atoms with Gasteiger partial charge in [-0.15, -0.1) is 0 Å². The second-order valence-electron chi connectivity index (χ2n) is 4.63. The van der Waals surface area contributed by atoms with Crippen molar-refractivity contribution in [1.29, 1.82) is 0 Å². The molecule has 0 radical (unpaired) electrons. The molecule has 0 aromatic carbocycles. The predicted octanol–water partition coefficient (Wildman–Crippen LogP) is 1.93. The van der Waals surface area contributed by atoms with Crippen molar-refractivity contribution in [2.45, 2.75) is 44.1 Å². The van der Waals surface area contributed by atoms with Crippen LogP contribution in [0.4, 0.5) is 8.78 Å². The summed E-state index contributed by atoms with van der Waals surface area (Å²) in [6, 6.07) is 0. The van der Waals surface area contributed by atoms with Gasteiger partial charge in [-0.25, -0.2) is 8.78 Å². The van der Waals surface area contributed by atoms with Crippen LogP contribution < -0.4 is 5.73 Å². The first-order chi connectivity index (χ1) is 6.58. The van der Waals surface area contributed by atoms with Gasteiger partial charge in [0.25, 0.3) is 0 Å². The second kappa shape index (κ2) is 3.42. The van der Waals surface area contributed by atoms with Crippen molar-refractivity contribution in [3.63, 3.8) is 0 Å². The van der Waals surface area contributed by atoms with Gasteiger partial charge in [-0.05, 0) is 19.3 Å². The number of nitrogens with two attached hydrogens (primary N) is 1. The van der Waals surface area contributed by atoms with E-state index in [-0.39, 0.29) is 18.9 Å². The van der Waals surface area contributed by atoms with Crippen LogP contribution in [0.5, 0.6) is 0 Å². The molecule has 1 heterocycles. The Morgan fingerprint density at radius 2 is 2.00 bits per heavy atom. The lowest BCUT2D eigenvalue weighted by molar-refractivity contribution is -0.213. The fourth-order valence-electron chi connectivity index (χ4n) is 2.71. The number of hydrogen-bond donors (Lipinski definition) is 1. The van der Waals surface area contributed by atoms with Crippen molar-refractivity contribution in [3.05, 3.63) is 0 Å². The lowest BCUT2D eigenvalue weighted by atomic mass is 9.61. The normalized spacial score (nSPS) is 34.9. The third-order valence-corrected chi connectivity index (χ3v) is 3.49. The fourth-order valence-corrected chi connectivity index (χ4v) is 2.71. The Bertz CT molecular complexity index is 206. The third-order valence-electron chi connectivity index (χ3n) is 3.49. The van der Waals surface area contributed by atoms with E-state index in [2.05, 4.69) is 0 Å². The third kappa shape index (κ3) is 1.65. The van der Waals surface area contributed by atoms with E-state index in [1.165, 1.54) is 0 Å². The first kappa shape index (κ1) is 10.3. The number of ether oxygens (including phenoxy) is 1. The van der Waals surface area contributed by atoms with Crippen LogP contribution in [0.2, 0.25) is 0 Å². The van der Waals surface area contributed by atoms with E-state index in [9.17, 15) is 8.78 Å². The SMILES string of the molecule is NCC1(C2CCCCO2)CC(F)(F)C1. The van der Waals surface area contributed by atoms with Crippen molar-refractivity contribution in [2.75, 3.05) is 13.2 Å². The van der Waals surface area contributed by atoms with Gasteiger partial charge in [0.05, 0.1) is 6.10 Å². The molecule has 82 valence electrons. The molecular formula is C10H17F2NO. The first-order valence-electron chi connectivity index (χ1n) is 5.28. The van der Waals surface area contributed by atoms with Crippen LogP contribution in [-0.4, -0.2) is 25.2 Å². The minimum Gasteiger partial charge on any atom is -0.378 e. The fraction of sp³-hybridized carbons (Fsp3) is 1.00. The molecule has 0 spiro atoms. The van der Waals surface area contributed by atoms with Gasteiger partial charge in [0.15, 0.2) is 0 Å². The monoisotopic (exact) mass is 205 g/mol. The van der Waals surface area contributed by atoms with Gasteiger partial charge in [-0.2, -0.15) is 0 Å². The van der Waals surface area contributed by atoms with E-state index in [4.69, 9.17) is 10.5 Å². The van der Waals surface area contributed by atoms with E-state index in [0.29, 0.717) is 13.2 Å². The van der Waals surface area contributed by atoms with Gasteiger partial charge in [0.2, 0.25) is 5.92 Å². The second-order valence-corrected chi connectivity index (χ2v) is 4.63. The van der Waals surface area contributed by atoms with Crippen molar-refractivity contribution >= 4 is 0 Å². The van der Waals surface area contributed by atoms with E-state index in [1.807, 2.05) is 0 Å². The summed E-state index contributed by atoms with van der Waals surface area (Å²) in [6.45, 7) is 1.03. The van der Waals surface area contributed by atoms with Gasteiger partial charge in [-0.1, -0.05) is 0 Å². The Morgan fingerprint density at radius 3 is 2.43 bits per heavy atom. The van der Waals surface area contributed by atoms with E-state index in [1.54, 1.807) is 0 Å². The van der Waals surface area contributed by atoms with Gasteiger partial charge in [-0.3, -0.25) is 0 Å². The van der Waals surface area contributed by atoms with Gasteiger partial charge in [0, 0.05) is 31.4 Å². The van der Waals surface area contributed by atoms with Crippen LogP contribution in [0.25, 0.3) is 0 Å². The molecule has 0 bridgehead atoms. The molecule has 2 aliphatic rings. The minimum atomic E-state index is -2.50. The highest BCUT2D eigenvalue weighted by molar-refractivity contribution is 5.04. The Balaban J connectivity index is 1.99. The van der Waals surface area contributed by atoms with Crippen LogP contribution in [0, 0.1) is 5.41 Å². The molecule has 2 N–H and O–H groups in total. The van der Waals surface area contributed by atoms with Crippen molar-refractivity contribution in [3.8, 4) is 0 Å². The standard InChI is InChI=1S/C10H17F2NO/c11-10(12)5-9(6-10,7-13)8-3-1-2-4-14-8/h8H,1-7,13H2. The molecule has 1 unspecified atom stereocenters. The van der Waals surface area contributed by atoms with Gasteiger partial charge < -0.3 is 10.5 Å². The van der Waals surface area contributed by atoms with Gasteiger partial charge in [0.1, 0.15) is 0 Å². The molecule has 2 rings (SSSR count). The van der Waals surface area contributed by atoms with Crippen LogP contribution in [0.15, 0.2) is 0 Å². The average Bonchev–Trinajstić information content (AvgIpc) is 2.15. The number of rotatable bonds is 2. The molecule has 4 heteroatoms. The zero-order chi connectivity index (χ0) is 10.2. The van der Waals surface area contributed by atoms with Crippen molar-refractivity contribution in [1.82, 2.24) is 0 Å². The Labute approximate surface area is 82.8 Å². The zero-order valence-electron chi connectivity index (χ0n) is 8.27. The van der Waals surface area contributed by atoms with E-state index >= 15 is 0 Å². The summed E-state index contributed by atoms with van der Waals surface area (Å²) in [7, 11) is 0. The van der Waals surface area contributed by atoms with E-state index in [0.717, 1.165) is 19.3 Å². The van der Waals surface area contributed by atoms with E-state index < -0.39 is 11.3 Å². The summed E-state index contributed by atoms with van der Waals surface area (Å²) in [5.74, 6) is -2.50. The molecule has 1 saturated carbocycles. The molecule has 2 nitrogen and oxygen atoms in total. The maximum Gasteiger partial charge on any atom is 0.249 e. The maximum atomic E-state index is 12.9. The van der Waals surface area contributed by atoms with Crippen molar-refractivity contribution < 1.29 is 13.5 Å². The smallest absolute Gasteiger partial charge is 0.249 e. The van der Waals surface area contributed by atoms with Crippen LogP contribution in [0.1, 0.15) is 32.1 Å². The lowest BCUT2D eigenvalue weighted by Gasteiger charge is -2.52. The lowest BCUT2D eigenvalue weighted by Crippen LogP contribution is -2.58. The quantitative estimate of drug-likeness (QED) is 0.747. The van der Waals surface area contributed by atoms with Crippen LogP contribution >= 0.6 is 0 Å².